The largest absolute Gasteiger partial charge is 0.495 e. The fourth-order valence-corrected chi connectivity index (χ4v) is 3.48. The Morgan fingerprint density at radius 1 is 0.897 bits per heavy atom. The first-order valence-corrected chi connectivity index (χ1v) is 9.69. The number of anilines is 1. The van der Waals surface area contributed by atoms with E-state index >= 15 is 0 Å². The van der Waals surface area contributed by atoms with Gasteiger partial charge in [-0.25, -0.2) is 4.79 Å². The maximum absolute atomic E-state index is 12.6. The third-order valence-corrected chi connectivity index (χ3v) is 5.13. The summed E-state index contributed by atoms with van der Waals surface area (Å²) < 4.78 is 16.1. The van der Waals surface area contributed by atoms with Crippen molar-refractivity contribution in [3.05, 3.63) is 47.5 Å². The number of hydrogen-bond acceptors (Lipinski definition) is 5. The molecule has 0 atom stereocenters. The maximum atomic E-state index is 12.6. The highest BCUT2D eigenvalue weighted by atomic mass is 16.5. The Hall–Kier alpha value is -3.09. The zero-order chi connectivity index (χ0) is 20.8. The number of nitrogens with one attached hydrogen (secondary N) is 1. The molecule has 2 aromatic carbocycles. The highest BCUT2D eigenvalue weighted by Gasteiger charge is 2.23. The summed E-state index contributed by atoms with van der Waals surface area (Å²) in [4.78, 5) is 16.7. The van der Waals surface area contributed by atoms with E-state index < -0.39 is 0 Å². The average Bonchev–Trinajstić information content (AvgIpc) is 2.77. The summed E-state index contributed by atoms with van der Waals surface area (Å²) in [5.41, 5.74) is 3.23. The first-order chi connectivity index (χ1) is 14.0. The van der Waals surface area contributed by atoms with Gasteiger partial charge in [-0.3, -0.25) is 0 Å². The van der Waals surface area contributed by atoms with Crippen LogP contribution in [0.1, 0.15) is 11.1 Å². The van der Waals surface area contributed by atoms with Crippen LogP contribution in [0, 0.1) is 6.92 Å². The van der Waals surface area contributed by atoms with E-state index in [9.17, 15) is 4.79 Å². The molecule has 0 radical (unpaired) electrons. The molecule has 2 aromatic rings. The second-order valence-corrected chi connectivity index (χ2v) is 7.00. The van der Waals surface area contributed by atoms with Crippen molar-refractivity contribution in [3.63, 3.8) is 0 Å². The van der Waals surface area contributed by atoms with E-state index in [1.807, 2.05) is 35.2 Å². The number of methoxy groups -OCH3 is 3. The smallest absolute Gasteiger partial charge is 0.317 e. The molecule has 0 spiro atoms. The topological polar surface area (TPSA) is 63.3 Å². The van der Waals surface area contributed by atoms with Gasteiger partial charge in [-0.1, -0.05) is 12.1 Å². The van der Waals surface area contributed by atoms with Gasteiger partial charge in [0.2, 0.25) is 0 Å². The molecule has 7 heteroatoms. The van der Waals surface area contributed by atoms with Crippen LogP contribution in [0.3, 0.4) is 0 Å². The van der Waals surface area contributed by atoms with Crippen LogP contribution in [0.2, 0.25) is 0 Å². The van der Waals surface area contributed by atoms with Crippen LogP contribution in [0.25, 0.3) is 0 Å². The highest BCUT2D eigenvalue weighted by molar-refractivity contribution is 5.74. The third kappa shape index (κ3) is 4.85. The first kappa shape index (κ1) is 20.6. The number of amides is 2. The van der Waals surface area contributed by atoms with Crippen molar-refractivity contribution in [1.82, 2.24) is 10.2 Å². The van der Waals surface area contributed by atoms with Crippen molar-refractivity contribution >= 4 is 11.7 Å². The SMILES string of the molecule is COc1ccc(CNC(=O)N2CCN(c3cc(C)ccc3OC)CC2)cc1OC. The van der Waals surface area contributed by atoms with Gasteiger partial charge in [0.15, 0.2) is 11.5 Å². The summed E-state index contributed by atoms with van der Waals surface area (Å²) in [7, 11) is 4.89. The van der Waals surface area contributed by atoms with Gasteiger partial charge < -0.3 is 29.3 Å². The molecule has 1 saturated heterocycles. The summed E-state index contributed by atoms with van der Waals surface area (Å²) in [6.45, 7) is 5.36. The Morgan fingerprint density at radius 3 is 2.21 bits per heavy atom. The van der Waals surface area contributed by atoms with Gasteiger partial charge >= 0.3 is 6.03 Å². The molecule has 0 aromatic heterocycles. The summed E-state index contributed by atoms with van der Waals surface area (Å²) in [6, 6.07) is 11.7. The number of benzene rings is 2. The summed E-state index contributed by atoms with van der Waals surface area (Å²) in [6.07, 6.45) is 0. The molecular weight excluding hydrogens is 370 g/mol. The van der Waals surface area contributed by atoms with E-state index in [1.54, 1.807) is 21.3 Å². The van der Waals surface area contributed by atoms with Crippen LogP contribution in [-0.2, 0) is 6.54 Å². The molecular formula is C22H29N3O4. The molecule has 0 saturated carbocycles. The zero-order valence-corrected chi connectivity index (χ0v) is 17.5. The molecule has 3 rings (SSSR count). The van der Waals surface area contributed by atoms with Gasteiger partial charge in [-0.15, -0.1) is 0 Å². The third-order valence-electron chi connectivity index (χ3n) is 5.13. The molecule has 0 aliphatic carbocycles. The molecule has 1 aliphatic heterocycles. The Morgan fingerprint density at radius 2 is 1.55 bits per heavy atom. The quantitative estimate of drug-likeness (QED) is 0.809. The first-order valence-electron chi connectivity index (χ1n) is 9.69. The van der Waals surface area contributed by atoms with E-state index in [2.05, 4.69) is 23.2 Å². The summed E-state index contributed by atoms with van der Waals surface area (Å²) >= 11 is 0. The molecule has 1 heterocycles. The van der Waals surface area contributed by atoms with Crippen molar-refractivity contribution < 1.29 is 19.0 Å². The number of ether oxygens (including phenoxy) is 3. The molecule has 0 unspecified atom stereocenters. The normalized spacial score (nSPS) is 13.8. The lowest BCUT2D eigenvalue weighted by molar-refractivity contribution is 0.194. The molecule has 156 valence electrons. The fourth-order valence-electron chi connectivity index (χ4n) is 3.48. The molecule has 0 bridgehead atoms. The van der Waals surface area contributed by atoms with Crippen LogP contribution in [0.5, 0.6) is 17.2 Å². The van der Waals surface area contributed by atoms with E-state index in [-0.39, 0.29) is 6.03 Å². The van der Waals surface area contributed by atoms with Crippen molar-refractivity contribution in [2.24, 2.45) is 0 Å². The second-order valence-electron chi connectivity index (χ2n) is 7.00. The lowest BCUT2D eigenvalue weighted by atomic mass is 10.1. The number of nitrogens with zero attached hydrogens (tertiary/aromatic N) is 2. The van der Waals surface area contributed by atoms with Gasteiger partial charge in [0.05, 0.1) is 27.0 Å². The van der Waals surface area contributed by atoms with Gasteiger partial charge in [0.1, 0.15) is 5.75 Å². The predicted molar refractivity (Wildman–Crippen MR) is 113 cm³/mol. The number of hydrogen-bond donors (Lipinski definition) is 1. The van der Waals surface area contributed by atoms with Crippen LogP contribution < -0.4 is 24.4 Å². The van der Waals surface area contributed by atoms with Crippen LogP contribution >= 0.6 is 0 Å². The van der Waals surface area contributed by atoms with E-state index in [0.29, 0.717) is 31.1 Å². The maximum Gasteiger partial charge on any atom is 0.317 e. The van der Waals surface area contributed by atoms with Gasteiger partial charge in [0, 0.05) is 32.7 Å². The van der Waals surface area contributed by atoms with Gasteiger partial charge in [-0.2, -0.15) is 0 Å². The summed E-state index contributed by atoms with van der Waals surface area (Å²) in [5.74, 6) is 2.19. The van der Waals surface area contributed by atoms with Crippen LogP contribution in [0.4, 0.5) is 10.5 Å². The van der Waals surface area contributed by atoms with Gasteiger partial charge in [0.25, 0.3) is 0 Å². The van der Waals surface area contributed by atoms with Crippen molar-refractivity contribution in [1.29, 1.82) is 0 Å². The number of aryl methyl sites for hydroxylation is 1. The van der Waals surface area contributed by atoms with E-state index in [4.69, 9.17) is 14.2 Å². The van der Waals surface area contributed by atoms with E-state index in [0.717, 1.165) is 30.1 Å². The Bertz CT molecular complexity index is 848. The van der Waals surface area contributed by atoms with Crippen molar-refractivity contribution in [3.8, 4) is 17.2 Å². The average molecular weight is 399 g/mol. The number of carbonyl (C=O) groups excluding carboxylic acids is 1. The number of rotatable bonds is 6. The lowest BCUT2D eigenvalue weighted by Crippen LogP contribution is -2.51. The Kier molecular flexibility index (Phi) is 6.69. The summed E-state index contributed by atoms with van der Waals surface area (Å²) in [5, 5.41) is 2.99. The Labute approximate surface area is 172 Å². The molecule has 29 heavy (non-hydrogen) atoms. The van der Waals surface area contributed by atoms with E-state index in [1.165, 1.54) is 5.56 Å². The zero-order valence-electron chi connectivity index (χ0n) is 17.5. The minimum absolute atomic E-state index is 0.0596. The number of carbonyl (C=O) groups is 1. The van der Waals surface area contributed by atoms with Crippen molar-refractivity contribution in [2.75, 3.05) is 52.4 Å². The molecule has 1 aliphatic rings. The number of piperazine rings is 1. The van der Waals surface area contributed by atoms with Crippen molar-refractivity contribution in [2.45, 2.75) is 13.5 Å². The standard InChI is InChI=1S/C22H29N3O4/c1-16-5-7-19(27-2)18(13-16)24-9-11-25(12-10-24)22(26)23-15-17-6-8-20(28-3)21(14-17)29-4/h5-8,13-14H,9-12,15H2,1-4H3,(H,23,26). The highest BCUT2D eigenvalue weighted by Crippen LogP contribution is 2.30. The second kappa shape index (κ2) is 9.41. The Balaban J connectivity index is 1.55. The fraction of sp³-hybridized carbons (Fsp3) is 0.409. The van der Waals surface area contributed by atoms with Crippen LogP contribution in [0.15, 0.2) is 36.4 Å². The monoisotopic (exact) mass is 399 g/mol. The van der Waals surface area contributed by atoms with Gasteiger partial charge in [-0.05, 0) is 42.3 Å². The molecule has 1 fully saturated rings. The lowest BCUT2D eigenvalue weighted by Gasteiger charge is -2.36. The minimum atomic E-state index is -0.0596. The van der Waals surface area contributed by atoms with Crippen LogP contribution in [-0.4, -0.2) is 58.4 Å². The predicted octanol–water partition coefficient (Wildman–Crippen LogP) is 3.05. The molecule has 1 N–H and O–H groups in total. The molecule has 7 nitrogen and oxygen atoms in total. The molecule has 2 amide bonds. The number of urea groups is 1. The minimum Gasteiger partial charge on any atom is -0.495 e.